The Morgan fingerprint density at radius 3 is 2.58 bits per heavy atom. The molecule has 0 aliphatic carbocycles. The third-order valence-corrected chi connectivity index (χ3v) is 6.08. The fourth-order valence-corrected chi connectivity index (χ4v) is 4.44. The van der Waals surface area contributed by atoms with Crippen LogP contribution in [0, 0.1) is 5.82 Å². The van der Waals surface area contributed by atoms with Crippen molar-refractivity contribution in [1.82, 2.24) is 15.5 Å². The van der Waals surface area contributed by atoms with Crippen LogP contribution in [-0.2, 0) is 9.84 Å². The molecule has 0 radical (unpaired) electrons. The van der Waals surface area contributed by atoms with Gasteiger partial charge in [-0.15, -0.1) is 12.4 Å². The summed E-state index contributed by atoms with van der Waals surface area (Å²) in [6, 6.07) is 10.5. The zero-order chi connectivity index (χ0) is 17.4. The molecular formula is C17H18ClFN4O2S. The lowest BCUT2D eigenvalue weighted by Gasteiger charge is -2.29. The molecule has 0 saturated carbocycles. The Balaban J connectivity index is 0.00000196. The van der Waals surface area contributed by atoms with Gasteiger partial charge in [0, 0.05) is 37.3 Å². The number of aromatic nitrogens is 2. The van der Waals surface area contributed by atoms with Gasteiger partial charge in [0.15, 0.2) is 5.03 Å². The molecule has 0 bridgehead atoms. The highest BCUT2D eigenvalue weighted by Gasteiger charge is 2.24. The molecule has 0 spiro atoms. The molecule has 1 fully saturated rings. The van der Waals surface area contributed by atoms with E-state index in [0.717, 1.165) is 37.9 Å². The minimum Gasteiger partial charge on any atom is -0.369 e. The summed E-state index contributed by atoms with van der Waals surface area (Å²) in [6.45, 7) is 3.62. The first-order valence-electron chi connectivity index (χ1n) is 8.00. The van der Waals surface area contributed by atoms with E-state index in [4.69, 9.17) is 0 Å². The van der Waals surface area contributed by atoms with Crippen molar-refractivity contribution in [3.05, 3.63) is 48.3 Å². The van der Waals surface area contributed by atoms with E-state index in [1.807, 2.05) is 12.1 Å². The zero-order valence-corrected chi connectivity index (χ0v) is 15.4. The first-order valence-corrected chi connectivity index (χ1v) is 9.48. The standard InChI is InChI=1S/C17H17FN4O2S.ClH/c18-12-2-1-3-14(10-12)25(23,24)17-15-5-4-13(11-16(15)20-21-17)22-8-6-19-7-9-22;/h1-5,10-11,19H,6-9H2,(H,20,21);1H. The van der Waals surface area contributed by atoms with Crippen molar-refractivity contribution in [2.75, 3.05) is 31.1 Å². The van der Waals surface area contributed by atoms with Crippen molar-refractivity contribution in [2.24, 2.45) is 0 Å². The molecule has 0 unspecified atom stereocenters. The molecule has 9 heteroatoms. The summed E-state index contributed by atoms with van der Waals surface area (Å²) in [7, 11) is -3.86. The van der Waals surface area contributed by atoms with Crippen molar-refractivity contribution in [3.63, 3.8) is 0 Å². The van der Waals surface area contributed by atoms with E-state index < -0.39 is 15.7 Å². The number of nitrogens with zero attached hydrogens (tertiary/aromatic N) is 2. The van der Waals surface area contributed by atoms with E-state index in [2.05, 4.69) is 20.4 Å². The molecule has 138 valence electrons. The van der Waals surface area contributed by atoms with Crippen LogP contribution in [0.4, 0.5) is 10.1 Å². The van der Waals surface area contributed by atoms with E-state index in [1.165, 1.54) is 18.2 Å². The largest absolute Gasteiger partial charge is 0.369 e. The van der Waals surface area contributed by atoms with Crippen molar-refractivity contribution in [3.8, 4) is 0 Å². The lowest BCUT2D eigenvalue weighted by molar-refractivity contribution is 0.588. The van der Waals surface area contributed by atoms with Gasteiger partial charge in [-0.05, 0) is 36.4 Å². The molecule has 4 rings (SSSR count). The topological polar surface area (TPSA) is 78.1 Å². The van der Waals surface area contributed by atoms with Crippen LogP contribution in [0.25, 0.3) is 10.9 Å². The highest BCUT2D eigenvalue weighted by molar-refractivity contribution is 7.91. The molecule has 2 aromatic carbocycles. The summed E-state index contributed by atoms with van der Waals surface area (Å²) in [5.41, 5.74) is 1.58. The number of H-pyrrole nitrogens is 1. The number of benzene rings is 2. The minimum atomic E-state index is -3.86. The van der Waals surface area contributed by atoms with Gasteiger partial charge in [-0.2, -0.15) is 5.10 Å². The molecule has 1 aliphatic rings. The third-order valence-electron chi connectivity index (χ3n) is 4.36. The van der Waals surface area contributed by atoms with Gasteiger partial charge in [0.2, 0.25) is 9.84 Å². The molecule has 1 aliphatic heterocycles. The summed E-state index contributed by atoms with van der Waals surface area (Å²) in [4.78, 5) is 2.13. The number of halogens is 2. The van der Waals surface area contributed by atoms with Gasteiger partial charge < -0.3 is 10.2 Å². The predicted molar refractivity (Wildman–Crippen MR) is 100 cm³/mol. The van der Waals surface area contributed by atoms with E-state index in [1.54, 1.807) is 6.07 Å². The van der Waals surface area contributed by atoms with Gasteiger partial charge in [-0.1, -0.05) is 6.07 Å². The van der Waals surface area contributed by atoms with Crippen LogP contribution in [0.3, 0.4) is 0 Å². The molecule has 1 saturated heterocycles. The molecular weight excluding hydrogens is 379 g/mol. The third kappa shape index (κ3) is 3.27. The average molecular weight is 397 g/mol. The smallest absolute Gasteiger partial charge is 0.224 e. The van der Waals surface area contributed by atoms with Gasteiger partial charge >= 0.3 is 0 Å². The number of hydrogen-bond donors (Lipinski definition) is 2. The Bertz CT molecular complexity index is 1030. The number of aromatic amines is 1. The van der Waals surface area contributed by atoms with Gasteiger partial charge in [0.25, 0.3) is 0 Å². The van der Waals surface area contributed by atoms with Crippen LogP contribution < -0.4 is 10.2 Å². The van der Waals surface area contributed by atoms with E-state index >= 15 is 0 Å². The maximum Gasteiger partial charge on any atom is 0.224 e. The van der Waals surface area contributed by atoms with Crippen LogP contribution in [0.1, 0.15) is 0 Å². The molecule has 0 amide bonds. The SMILES string of the molecule is Cl.O=S(=O)(c1cccc(F)c1)c1[nH]nc2cc(N3CCNCC3)ccc12. The highest BCUT2D eigenvalue weighted by atomic mass is 35.5. The Labute approximate surface area is 156 Å². The summed E-state index contributed by atoms with van der Waals surface area (Å²) in [5, 5.41) is 10.5. The monoisotopic (exact) mass is 396 g/mol. The van der Waals surface area contributed by atoms with Crippen molar-refractivity contribution >= 4 is 38.8 Å². The van der Waals surface area contributed by atoms with Crippen LogP contribution in [0.5, 0.6) is 0 Å². The number of hydrogen-bond acceptors (Lipinski definition) is 5. The number of sulfone groups is 1. The summed E-state index contributed by atoms with van der Waals surface area (Å²) in [6.07, 6.45) is 0. The molecule has 2 N–H and O–H groups in total. The first kappa shape index (κ1) is 18.6. The number of rotatable bonds is 3. The van der Waals surface area contributed by atoms with Gasteiger partial charge in [0.1, 0.15) is 5.82 Å². The summed E-state index contributed by atoms with van der Waals surface area (Å²) < 4.78 is 39.0. The van der Waals surface area contributed by atoms with Gasteiger partial charge in [-0.3, -0.25) is 5.10 Å². The predicted octanol–water partition coefficient (Wildman–Crippen LogP) is 2.37. The molecule has 6 nitrogen and oxygen atoms in total. The fourth-order valence-electron chi connectivity index (χ4n) is 3.05. The number of anilines is 1. The Morgan fingerprint density at radius 2 is 1.85 bits per heavy atom. The minimum absolute atomic E-state index is 0. The second-order valence-corrected chi connectivity index (χ2v) is 7.84. The van der Waals surface area contributed by atoms with E-state index in [9.17, 15) is 12.8 Å². The van der Waals surface area contributed by atoms with Crippen LogP contribution in [0.2, 0.25) is 0 Å². The first-order chi connectivity index (χ1) is 12.1. The Hall–Kier alpha value is -2.16. The average Bonchev–Trinajstić information content (AvgIpc) is 3.06. The Morgan fingerprint density at radius 1 is 1.08 bits per heavy atom. The van der Waals surface area contributed by atoms with Gasteiger partial charge in [0.05, 0.1) is 10.4 Å². The number of fused-ring (bicyclic) bond motifs is 1. The lowest BCUT2D eigenvalue weighted by atomic mass is 10.2. The molecule has 1 aromatic heterocycles. The van der Waals surface area contributed by atoms with E-state index in [-0.39, 0.29) is 22.3 Å². The second-order valence-electron chi connectivity index (χ2n) is 5.95. The number of nitrogens with one attached hydrogen (secondary N) is 2. The lowest BCUT2D eigenvalue weighted by Crippen LogP contribution is -2.43. The normalized spacial score (nSPS) is 15.0. The highest BCUT2D eigenvalue weighted by Crippen LogP contribution is 2.29. The van der Waals surface area contributed by atoms with Crippen LogP contribution in [-0.4, -0.2) is 44.8 Å². The maximum absolute atomic E-state index is 13.4. The van der Waals surface area contributed by atoms with Gasteiger partial charge in [-0.25, -0.2) is 12.8 Å². The molecule has 26 heavy (non-hydrogen) atoms. The second kappa shape index (κ2) is 7.22. The van der Waals surface area contributed by atoms with Crippen molar-refractivity contribution in [2.45, 2.75) is 9.92 Å². The number of piperazine rings is 1. The molecule has 3 aromatic rings. The quantitative estimate of drug-likeness (QED) is 0.710. The van der Waals surface area contributed by atoms with Crippen molar-refractivity contribution in [1.29, 1.82) is 0 Å². The Kier molecular flexibility index (Phi) is 5.17. The molecule has 2 heterocycles. The maximum atomic E-state index is 13.4. The van der Waals surface area contributed by atoms with E-state index in [0.29, 0.717) is 10.9 Å². The van der Waals surface area contributed by atoms with Crippen molar-refractivity contribution < 1.29 is 12.8 Å². The summed E-state index contributed by atoms with van der Waals surface area (Å²) in [5.74, 6) is -0.592. The van der Waals surface area contributed by atoms with Crippen LogP contribution in [0.15, 0.2) is 52.4 Å². The zero-order valence-electron chi connectivity index (χ0n) is 13.8. The fraction of sp³-hybridized carbons (Fsp3) is 0.235. The summed E-state index contributed by atoms with van der Waals surface area (Å²) >= 11 is 0. The molecule has 0 atom stereocenters. The van der Waals surface area contributed by atoms with Crippen LogP contribution >= 0.6 is 12.4 Å².